The number of nitrogens with zero attached hydrogens (tertiary/aromatic N) is 5. The number of hydrogen-bond donors (Lipinski definition) is 1. The van der Waals surface area contributed by atoms with E-state index in [0.717, 1.165) is 16.8 Å². The third-order valence-corrected chi connectivity index (χ3v) is 4.08. The van der Waals surface area contributed by atoms with Gasteiger partial charge < -0.3 is 14.8 Å². The number of rotatable bonds is 8. The van der Waals surface area contributed by atoms with E-state index >= 15 is 0 Å². The minimum Gasteiger partial charge on any atom is -0.380 e. The second-order valence-corrected chi connectivity index (χ2v) is 6.47. The lowest BCUT2D eigenvalue weighted by Gasteiger charge is -2.10. The molecule has 27 heavy (non-hydrogen) atoms. The molecule has 3 aromatic rings. The van der Waals surface area contributed by atoms with Gasteiger partial charge in [-0.15, -0.1) is 0 Å². The number of ether oxygens (including phenoxy) is 2. The molecule has 3 aromatic heterocycles. The van der Waals surface area contributed by atoms with Gasteiger partial charge in [-0.3, -0.25) is 4.68 Å². The average molecular weight is 391 g/mol. The molecule has 3 rings (SSSR count). The Hall–Kier alpha value is -2.29. The first-order valence-electron chi connectivity index (χ1n) is 8.73. The molecule has 144 valence electrons. The minimum atomic E-state index is 0.135. The maximum Gasteiger partial charge on any atom is 0.225 e. The van der Waals surface area contributed by atoms with Crippen LogP contribution in [0.25, 0.3) is 11.0 Å². The lowest BCUT2D eigenvalue weighted by atomic mass is 10.2. The van der Waals surface area contributed by atoms with E-state index in [1.54, 1.807) is 7.11 Å². The van der Waals surface area contributed by atoms with Crippen molar-refractivity contribution in [3.63, 3.8) is 0 Å². The van der Waals surface area contributed by atoms with Gasteiger partial charge in [0, 0.05) is 19.4 Å². The normalized spacial score (nSPS) is 11.3. The van der Waals surface area contributed by atoms with Crippen LogP contribution in [0.15, 0.2) is 12.1 Å². The fourth-order valence-corrected chi connectivity index (χ4v) is 3.09. The zero-order chi connectivity index (χ0) is 19.4. The molecule has 0 unspecified atom stereocenters. The number of aromatic nitrogens is 5. The van der Waals surface area contributed by atoms with E-state index in [-0.39, 0.29) is 5.28 Å². The van der Waals surface area contributed by atoms with Crippen LogP contribution in [0.2, 0.25) is 5.28 Å². The number of methoxy groups -OCH3 is 1. The van der Waals surface area contributed by atoms with E-state index in [0.29, 0.717) is 49.2 Å². The topological polar surface area (TPSA) is 87.0 Å². The summed E-state index contributed by atoms with van der Waals surface area (Å²) in [6.45, 7) is 7.99. The van der Waals surface area contributed by atoms with Crippen LogP contribution < -0.4 is 5.32 Å². The fourth-order valence-electron chi connectivity index (χ4n) is 2.92. The molecule has 0 aliphatic rings. The second-order valence-electron chi connectivity index (χ2n) is 6.13. The van der Waals surface area contributed by atoms with Crippen molar-refractivity contribution < 1.29 is 9.47 Å². The van der Waals surface area contributed by atoms with Crippen molar-refractivity contribution in [1.82, 2.24) is 24.7 Å². The van der Waals surface area contributed by atoms with E-state index in [1.807, 2.05) is 37.6 Å². The van der Waals surface area contributed by atoms with Crippen molar-refractivity contribution in [2.24, 2.45) is 0 Å². The van der Waals surface area contributed by atoms with Gasteiger partial charge in [0.05, 0.1) is 19.8 Å². The molecule has 0 spiro atoms. The maximum atomic E-state index is 6.18. The minimum absolute atomic E-state index is 0.135. The summed E-state index contributed by atoms with van der Waals surface area (Å²) in [5, 5.41) is 8.02. The molecular weight excluding hydrogens is 368 g/mol. The Kier molecular flexibility index (Phi) is 6.20. The van der Waals surface area contributed by atoms with E-state index in [9.17, 15) is 0 Å². The average Bonchev–Trinajstić information content (AvgIpc) is 2.92. The first kappa shape index (κ1) is 19.5. The summed E-state index contributed by atoms with van der Waals surface area (Å²) < 4.78 is 12.6. The van der Waals surface area contributed by atoms with Gasteiger partial charge in [-0.2, -0.15) is 10.1 Å². The van der Waals surface area contributed by atoms with Crippen LogP contribution in [0.4, 0.5) is 11.6 Å². The maximum absolute atomic E-state index is 6.18. The molecule has 0 aromatic carbocycles. The quantitative estimate of drug-likeness (QED) is 0.465. The van der Waals surface area contributed by atoms with Crippen LogP contribution in [0.3, 0.4) is 0 Å². The predicted octanol–water partition coefficient (Wildman–Crippen LogP) is 3.42. The van der Waals surface area contributed by atoms with Gasteiger partial charge in [-0.05, 0) is 50.1 Å². The van der Waals surface area contributed by atoms with Crippen LogP contribution >= 0.6 is 11.6 Å². The molecule has 3 heterocycles. The lowest BCUT2D eigenvalue weighted by Crippen LogP contribution is -2.09. The second kappa shape index (κ2) is 8.60. The number of anilines is 2. The molecule has 0 fully saturated rings. The predicted molar refractivity (Wildman–Crippen MR) is 105 cm³/mol. The molecular formula is C18H23ClN6O2. The van der Waals surface area contributed by atoms with Crippen LogP contribution in [-0.2, 0) is 22.6 Å². The van der Waals surface area contributed by atoms with Crippen molar-refractivity contribution in [2.45, 2.75) is 33.9 Å². The summed E-state index contributed by atoms with van der Waals surface area (Å²) in [4.78, 5) is 13.3. The van der Waals surface area contributed by atoms with Gasteiger partial charge in [0.15, 0.2) is 5.82 Å². The highest BCUT2D eigenvalue weighted by atomic mass is 35.5. The smallest absolute Gasteiger partial charge is 0.225 e. The van der Waals surface area contributed by atoms with E-state index < -0.39 is 0 Å². The molecule has 0 aliphatic carbocycles. The van der Waals surface area contributed by atoms with Gasteiger partial charge in [0.2, 0.25) is 5.28 Å². The Bertz CT molecular complexity index is 923. The van der Waals surface area contributed by atoms with Crippen molar-refractivity contribution >= 4 is 34.3 Å². The Morgan fingerprint density at radius 3 is 2.70 bits per heavy atom. The first-order chi connectivity index (χ1) is 13.0. The number of aryl methyl sites for hydroxylation is 2. The van der Waals surface area contributed by atoms with Gasteiger partial charge >= 0.3 is 0 Å². The Morgan fingerprint density at radius 2 is 2.00 bits per heavy atom. The monoisotopic (exact) mass is 390 g/mol. The Balaban J connectivity index is 2.09. The molecule has 0 bridgehead atoms. The van der Waals surface area contributed by atoms with Gasteiger partial charge in [0.1, 0.15) is 22.5 Å². The summed E-state index contributed by atoms with van der Waals surface area (Å²) >= 11 is 6.18. The molecule has 0 amide bonds. The zero-order valence-corrected chi connectivity index (χ0v) is 16.7. The molecule has 8 nitrogen and oxygen atoms in total. The summed E-state index contributed by atoms with van der Waals surface area (Å²) in [5.41, 5.74) is 4.11. The number of halogens is 1. The molecule has 0 saturated carbocycles. The van der Waals surface area contributed by atoms with Crippen LogP contribution in [0, 0.1) is 13.8 Å². The highest BCUT2D eigenvalue weighted by Crippen LogP contribution is 2.28. The molecule has 0 atom stereocenters. The van der Waals surface area contributed by atoms with Crippen molar-refractivity contribution in [2.75, 3.05) is 25.6 Å². The third-order valence-electron chi connectivity index (χ3n) is 3.91. The molecule has 0 saturated heterocycles. The summed E-state index contributed by atoms with van der Waals surface area (Å²) in [7, 11) is 1.62. The van der Waals surface area contributed by atoms with Crippen LogP contribution in [0.1, 0.15) is 23.9 Å². The van der Waals surface area contributed by atoms with Gasteiger partial charge in [0.25, 0.3) is 0 Å². The summed E-state index contributed by atoms with van der Waals surface area (Å²) in [6.07, 6.45) is 0. The molecule has 9 heteroatoms. The Labute approximate surface area is 162 Å². The number of nitrogens with one attached hydrogen (secondary N) is 1. The van der Waals surface area contributed by atoms with E-state index in [2.05, 4.69) is 25.4 Å². The number of pyridine rings is 1. The number of hydrogen-bond acceptors (Lipinski definition) is 7. The van der Waals surface area contributed by atoms with Crippen LogP contribution in [-0.4, -0.2) is 45.1 Å². The summed E-state index contributed by atoms with van der Waals surface area (Å²) in [5.74, 6) is 1.24. The van der Waals surface area contributed by atoms with Crippen molar-refractivity contribution in [3.8, 4) is 0 Å². The van der Waals surface area contributed by atoms with E-state index in [4.69, 9.17) is 21.1 Å². The first-order valence-corrected chi connectivity index (χ1v) is 9.11. The van der Waals surface area contributed by atoms with Gasteiger partial charge in [-0.25, -0.2) is 9.97 Å². The molecule has 1 N–H and O–H groups in total. The standard InChI is InChI=1S/C18H23ClN6O2/c1-5-27-7-6-25-16-15(13(24-25)10-26-4)22-18(19)23-17(16)21-14-9-11(2)8-12(3)20-14/h8-9H,5-7,10H2,1-4H3,(H,20,21,22,23). The third kappa shape index (κ3) is 4.52. The van der Waals surface area contributed by atoms with Crippen LogP contribution in [0.5, 0.6) is 0 Å². The molecule has 0 radical (unpaired) electrons. The van der Waals surface area contributed by atoms with Crippen molar-refractivity contribution in [1.29, 1.82) is 0 Å². The van der Waals surface area contributed by atoms with E-state index in [1.165, 1.54) is 0 Å². The zero-order valence-electron chi connectivity index (χ0n) is 15.9. The largest absolute Gasteiger partial charge is 0.380 e. The van der Waals surface area contributed by atoms with Crippen molar-refractivity contribution in [3.05, 3.63) is 34.4 Å². The van der Waals surface area contributed by atoms with Gasteiger partial charge in [-0.1, -0.05) is 0 Å². The molecule has 0 aliphatic heterocycles. The Morgan fingerprint density at radius 1 is 1.19 bits per heavy atom. The fraction of sp³-hybridized carbons (Fsp3) is 0.444. The number of fused-ring (bicyclic) bond motifs is 1. The highest BCUT2D eigenvalue weighted by molar-refractivity contribution is 6.28. The highest BCUT2D eigenvalue weighted by Gasteiger charge is 2.19. The SMILES string of the molecule is CCOCCn1nc(COC)c2nc(Cl)nc(Nc3cc(C)cc(C)n3)c21. The lowest BCUT2D eigenvalue weighted by molar-refractivity contribution is 0.136. The summed E-state index contributed by atoms with van der Waals surface area (Å²) in [6, 6.07) is 3.96.